The van der Waals surface area contributed by atoms with E-state index in [2.05, 4.69) is 11.9 Å². The van der Waals surface area contributed by atoms with Crippen molar-refractivity contribution >= 4 is 22.1 Å². The first-order valence-corrected chi connectivity index (χ1v) is 8.58. The molecule has 0 aromatic carbocycles. The highest BCUT2D eigenvalue weighted by atomic mass is 32.1. The van der Waals surface area contributed by atoms with Crippen molar-refractivity contribution in [1.29, 1.82) is 0 Å². The predicted molar refractivity (Wildman–Crippen MR) is 82.1 cm³/mol. The van der Waals surface area contributed by atoms with Crippen LogP contribution in [0.15, 0.2) is 17.8 Å². The van der Waals surface area contributed by atoms with Gasteiger partial charge in [-0.15, -0.1) is 11.3 Å². The van der Waals surface area contributed by atoms with Crippen molar-refractivity contribution in [3.05, 3.63) is 23.5 Å². The fourth-order valence-electron chi connectivity index (χ4n) is 3.37. The van der Waals surface area contributed by atoms with Gasteiger partial charge in [0.15, 0.2) is 4.96 Å². The highest BCUT2D eigenvalue weighted by Gasteiger charge is 2.26. The van der Waals surface area contributed by atoms with E-state index in [4.69, 9.17) is 0 Å². The Bertz CT molecular complexity index is 550. The monoisotopic (exact) mass is 290 g/mol. The molecule has 1 fully saturated rings. The minimum Gasteiger partial charge on any atom is -0.299 e. The van der Waals surface area contributed by atoms with Crippen molar-refractivity contribution in [1.82, 2.24) is 9.38 Å². The number of hydrogen-bond acceptors (Lipinski definition) is 3. The molecule has 0 radical (unpaired) electrons. The van der Waals surface area contributed by atoms with Crippen molar-refractivity contribution in [3.63, 3.8) is 0 Å². The maximum Gasteiger partial charge on any atom is 0.193 e. The Balaban J connectivity index is 1.56. The van der Waals surface area contributed by atoms with Crippen LogP contribution in [0.4, 0.5) is 0 Å². The second kappa shape index (κ2) is 6.08. The second-order valence-electron chi connectivity index (χ2n) is 5.97. The van der Waals surface area contributed by atoms with Crippen LogP contribution in [0.2, 0.25) is 0 Å². The minimum absolute atomic E-state index is 0.280. The lowest BCUT2D eigenvalue weighted by Gasteiger charge is -2.27. The Morgan fingerprint density at radius 1 is 1.40 bits per heavy atom. The van der Waals surface area contributed by atoms with Crippen molar-refractivity contribution in [3.8, 4) is 0 Å². The normalized spacial score (nSPS) is 23.2. The lowest BCUT2D eigenvalue weighted by molar-refractivity contribution is -0.123. The molecule has 3 nitrogen and oxygen atoms in total. The summed E-state index contributed by atoms with van der Waals surface area (Å²) in [6.07, 6.45) is 11.8. The summed E-state index contributed by atoms with van der Waals surface area (Å²) in [5.74, 6) is 1.54. The number of Topliss-reactive ketones (excluding diaryl/α,β-unsaturated/α-hetero) is 1. The molecule has 20 heavy (non-hydrogen) atoms. The van der Waals surface area contributed by atoms with Gasteiger partial charge in [0.2, 0.25) is 0 Å². The van der Waals surface area contributed by atoms with Gasteiger partial charge in [0.1, 0.15) is 5.78 Å². The molecule has 2 heterocycles. The van der Waals surface area contributed by atoms with Crippen LogP contribution in [0.5, 0.6) is 0 Å². The molecule has 1 saturated carbocycles. The van der Waals surface area contributed by atoms with Crippen LogP contribution >= 0.6 is 11.3 Å². The first-order valence-electron chi connectivity index (χ1n) is 7.70. The average molecular weight is 290 g/mol. The zero-order chi connectivity index (χ0) is 13.9. The van der Waals surface area contributed by atoms with Crippen LogP contribution < -0.4 is 0 Å². The van der Waals surface area contributed by atoms with Gasteiger partial charge in [-0.05, 0) is 31.6 Å². The second-order valence-corrected chi connectivity index (χ2v) is 6.85. The lowest BCUT2D eigenvalue weighted by Crippen LogP contribution is -2.23. The fourth-order valence-corrected chi connectivity index (χ4v) is 4.08. The van der Waals surface area contributed by atoms with E-state index in [0.29, 0.717) is 12.2 Å². The molecule has 4 heteroatoms. The third-order valence-corrected chi connectivity index (χ3v) is 5.27. The number of hydrogen-bond donors (Lipinski definition) is 0. The average Bonchev–Trinajstić information content (AvgIpc) is 3.01. The van der Waals surface area contributed by atoms with Crippen LogP contribution in [-0.4, -0.2) is 15.2 Å². The number of aromatic nitrogens is 2. The highest BCUT2D eigenvalue weighted by molar-refractivity contribution is 7.15. The molecule has 0 atom stereocenters. The van der Waals surface area contributed by atoms with Crippen molar-refractivity contribution in [2.45, 2.75) is 51.9 Å². The van der Waals surface area contributed by atoms with E-state index in [-0.39, 0.29) is 5.92 Å². The summed E-state index contributed by atoms with van der Waals surface area (Å²) in [7, 11) is 0. The van der Waals surface area contributed by atoms with Gasteiger partial charge < -0.3 is 0 Å². The number of ketones is 1. The highest BCUT2D eigenvalue weighted by Crippen LogP contribution is 2.32. The molecule has 1 aliphatic carbocycles. The van der Waals surface area contributed by atoms with E-state index in [1.807, 2.05) is 22.2 Å². The molecule has 0 bridgehead atoms. The molecule has 0 unspecified atom stereocenters. The molecule has 0 amide bonds. The van der Waals surface area contributed by atoms with E-state index >= 15 is 0 Å². The Hall–Kier alpha value is -1.16. The summed E-state index contributed by atoms with van der Waals surface area (Å²) < 4.78 is 2.01. The summed E-state index contributed by atoms with van der Waals surface area (Å²) in [5.41, 5.74) is 0.928. The minimum atomic E-state index is 0.280. The molecule has 0 saturated heterocycles. The van der Waals surface area contributed by atoms with Crippen molar-refractivity contribution < 1.29 is 4.79 Å². The largest absolute Gasteiger partial charge is 0.299 e. The van der Waals surface area contributed by atoms with Gasteiger partial charge in [0.05, 0.1) is 12.1 Å². The maximum atomic E-state index is 12.4. The summed E-state index contributed by atoms with van der Waals surface area (Å²) in [6.45, 7) is 2.25. The zero-order valence-electron chi connectivity index (χ0n) is 12.0. The van der Waals surface area contributed by atoms with Gasteiger partial charge >= 0.3 is 0 Å². The number of carbonyl (C=O) groups is 1. The van der Waals surface area contributed by atoms with Crippen LogP contribution in [0.25, 0.3) is 4.96 Å². The third-order valence-electron chi connectivity index (χ3n) is 4.50. The molecule has 3 rings (SSSR count). The molecule has 2 aromatic heterocycles. The van der Waals surface area contributed by atoms with Crippen molar-refractivity contribution in [2.75, 3.05) is 0 Å². The Morgan fingerprint density at radius 3 is 2.90 bits per heavy atom. The zero-order valence-corrected chi connectivity index (χ0v) is 12.9. The van der Waals surface area contributed by atoms with Gasteiger partial charge in [0.25, 0.3) is 0 Å². The molecular formula is C16H22N2OS. The number of nitrogens with zero attached hydrogens (tertiary/aromatic N) is 2. The SMILES string of the molecule is CCCC1CCC(C(=O)Cc2cn3ccsc3n2)CC1. The van der Waals surface area contributed by atoms with Crippen LogP contribution in [0, 0.1) is 11.8 Å². The third kappa shape index (κ3) is 2.95. The molecular weight excluding hydrogens is 268 g/mol. The first-order chi connectivity index (χ1) is 9.76. The number of carbonyl (C=O) groups excluding carboxylic acids is 1. The van der Waals surface area contributed by atoms with E-state index < -0.39 is 0 Å². The topological polar surface area (TPSA) is 34.4 Å². The fraction of sp³-hybridized carbons (Fsp3) is 0.625. The smallest absolute Gasteiger partial charge is 0.193 e. The molecule has 2 aromatic rings. The van der Waals surface area contributed by atoms with Gasteiger partial charge in [0, 0.05) is 23.7 Å². The molecule has 1 aliphatic rings. The molecule has 108 valence electrons. The Labute approximate surface area is 124 Å². The van der Waals surface area contributed by atoms with Gasteiger partial charge in [-0.25, -0.2) is 4.98 Å². The molecule has 0 N–H and O–H groups in total. The van der Waals surface area contributed by atoms with Crippen LogP contribution in [0.3, 0.4) is 0 Å². The number of fused-ring (bicyclic) bond motifs is 1. The number of thiazole rings is 1. The van der Waals surface area contributed by atoms with E-state index in [1.165, 1.54) is 25.7 Å². The summed E-state index contributed by atoms with van der Waals surface area (Å²) in [5, 5.41) is 2.02. The van der Waals surface area contributed by atoms with Crippen molar-refractivity contribution in [2.24, 2.45) is 11.8 Å². The summed E-state index contributed by atoms with van der Waals surface area (Å²) >= 11 is 1.62. The van der Waals surface area contributed by atoms with Crippen LogP contribution in [-0.2, 0) is 11.2 Å². The number of rotatable bonds is 5. The lowest BCUT2D eigenvalue weighted by atomic mass is 9.78. The number of imidazole rings is 1. The Kier molecular flexibility index (Phi) is 4.20. The first kappa shape index (κ1) is 13.8. The molecule has 0 spiro atoms. The van der Waals surface area contributed by atoms with Gasteiger partial charge in [-0.2, -0.15) is 0 Å². The summed E-state index contributed by atoms with van der Waals surface area (Å²) in [6, 6.07) is 0. The predicted octanol–water partition coefficient (Wildman–Crippen LogP) is 4.11. The van der Waals surface area contributed by atoms with Gasteiger partial charge in [-0.1, -0.05) is 19.8 Å². The summed E-state index contributed by atoms with van der Waals surface area (Å²) in [4.78, 5) is 17.9. The quantitative estimate of drug-likeness (QED) is 0.830. The molecule has 0 aliphatic heterocycles. The van der Waals surface area contributed by atoms with E-state index in [0.717, 1.165) is 29.4 Å². The van der Waals surface area contributed by atoms with E-state index in [1.54, 1.807) is 11.3 Å². The maximum absolute atomic E-state index is 12.4. The Morgan fingerprint density at radius 2 is 2.20 bits per heavy atom. The standard InChI is InChI=1S/C16H22N2OS/c1-2-3-12-4-6-13(7-5-12)15(19)10-14-11-18-8-9-20-16(18)17-14/h8-9,11-13H,2-7,10H2,1H3. The van der Waals surface area contributed by atoms with Gasteiger partial charge in [-0.3, -0.25) is 9.20 Å². The van der Waals surface area contributed by atoms with E-state index in [9.17, 15) is 4.79 Å². The van der Waals surface area contributed by atoms with Crippen LogP contribution in [0.1, 0.15) is 51.1 Å².